The molecule has 0 aromatic heterocycles. The Kier molecular flexibility index (Phi) is 7.87. The van der Waals surface area contributed by atoms with Gasteiger partial charge in [0.05, 0.1) is 18.3 Å². The van der Waals surface area contributed by atoms with Crippen molar-refractivity contribution in [3.05, 3.63) is 0 Å². The number of carboxylic acid groups (broad SMARTS) is 1. The van der Waals surface area contributed by atoms with Crippen LogP contribution in [0, 0.1) is 52.3 Å². The molecule has 4 fully saturated rings. The largest absolute Gasteiger partial charge is 0.480 e. The van der Waals surface area contributed by atoms with Gasteiger partial charge in [-0.2, -0.15) is 0 Å². The summed E-state index contributed by atoms with van der Waals surface area (Å²) in [4.78, 5) is 24.0. The lowest BCUT2D eigenvalue weighted by Gasteiger charge is -2.63. The second kappa shape index (κ2) is 10.2. The minimum absolute atomic E-state index is 0.0389. The second-order valence-electron chi connectivity index (χ2n) is 13.7. The molecule has 12 unspecified atom stereocenters. The van der Waals surface area contributed by atoms with Crippen molar-refractivity contribution in [1.82, 2.24) is 5.32 Å². The van der Waals surface area contributed by atoms with E-state index in [1.54, 1.807) is 13.8 Å². The minimum Gasteiger partial charge on any atom is -0.480 e. The molecule has 4 rings (SSSR count). The summed E-state index contributed by atoms with van der Waals surface area (Å²) < 4.78 is 0. The Morgan fingerprint density at radius 1 is 0.889 bits per heavy atom. The van der Waals surface area contributed by atoms with Crippen molar-refractivity contribution in [3.63, 3.8) is 0 Å². The quantitative estimate of drug-likeness (QED) is 0.358. The lowest BCUT2D eigenvalue weighted by atomic mass is 9.43. The molecule has 4 aliphatic carbocycles. The van der Waals surface area contributed by atoms with Crippen LogP contribution in [0.1, 0.15) is 92.4 Å². The number of rotatable bonds is 7. The highest BCUT2D eigenvalue weighted by atomic mass is 16.4. The Balaban J connectivity index is 1.44. The van der Waals surface area contributed by atoms with Gasteiger partial charge in [-0.25, -0.2) is 4.79 Å². The zero-order valence-corrected chi connectivity index (χ0v) is 22.8. The topological polar surface area (TPSA) is 127 Å². The molecule has 0 bridgehead atoms. The van der Waals surface area contributed by atoms with Crippen molar-refractivity contribution in [2.45, 2.75) is 117 Å². The normalized spacial score (nSPS) is 45.8. The molecule has 0 heterocycles. The molecule has 0 spiro atoms. The molecule has 5 N–H and O–H groups in total. The van der Waals surface area contributed by atoms with Crippen molar-refractivity contribution in [3.8, 4) is 0 Å². The van der Waals surface area contributed by atoms with Gasteiger partial charge in [0.25, 0.3) is 0 Å². The first-order valence-corrected chi connectivity index (χ1v) is 14.4. The maximum atomic E-state index is 12.6. The van der Waals surface area contributed by atoms with Crippen LogP contribution in [-0.4, -0.2) is 56.7 Å². The van der Waals surface area contributed by atoms with Gasteiger partial charge in [-0.3, -0.25) is 4.79 Å². The van der Waals surface area contributed by atoms with Crippen molar-refractivity contribution in [1.29, 1.82) is 0 Å². The number of amides is 1. The van der Waals surface area contributed by atoms with Crippen molar-refractivity contribution >= 4 is 11.9 Å². The van der Waals surface area contributed by atoms with Crippen molar-refractivity contribution in [2.75, 3.05) is 0 Å². The Morgan fingerprint density at radius 3 is 2.17 bits per heavy atom. The molecule has 0 aromatic rings. The molecule has 36 heavy (non-hydrogen) atoms. The molecule has 0 aromatic carbocycles. The molecule has 0 saturated heterocycles. The zero-order chi connectivity index (χ0) is 26.6. The van der Waals surface area contributed by atoms with Gasteiger partial charge in [0.1, 0.15) is 6.04 Å². The zero-order valence-electron chi connectivity index (χ0n) is 22.8. The highest BCUT2D eigenvalue weighted by molar-refractivity contribution is 5.83. The summed E-state index contributed by atoms with van der Waals surface area (Å²) in [5.74, 6) is 0.166. The van der Waals surface area contributed by atoms with E-state index in [0.29, 0.717) is 36.5 Å². The smallest absolute Gasteiger partial charge is 0.326 e. The molecule has 4 saturated carbocycles. The predicted octanol–water partition coefficient (Wildman–Crippen LogP) is 3.59. The Bertz CT molecular complexity index is 833. The molecule has 206 valence electrons. The van der Waals surface area contributed by atoms with Gasteiger partial charge in [-0.05, 0) is 104 Å². The molecule has 0 radical (unpaired) electrons. The summed E-state index contributed by atoms with van der Waals surface area (Å²) in [6.07, 6.45) is 5.67. The van der Waals surface area contributed by atoms with Gasteiger partial charge in [0, 0.05) is 6.42 Å². The van der Waals surface area contributed by atoms with Gasteiger partial charge in [0.2, 0.25) is 5.91 Å². The molecule has 0 aliphatic heterocycles. The van der Waals surface area contributed by atoms with Gasteiger partial charge < -0.3 is 25.7 Å². The first-order valence-electron chi connectivity index (χ1n) is 14.4. The number of nitrogens with one attached hydrogen (secondary N) is 1. The second-order valence-corrected chi connectivity index (χ2v) is 13.7. The van der Waals surface area contributed by atoms with Gasteiger partial charge in [-0.15, -0.1) is 0 Å². The summed E-state index contributed by atoms with van der Waals surface area (Å²) in [7, 11) is 0. The Hall–Kier alpha value is -1.18. The number of aliphatic hydroxyl groups is 3. The number of carboxylic acids is 1. The van der Waals surface area contributed by atoms with Crippen LogP contribution in [0.15, 0.2) is 0 Å². The number of aliphatic carboxylic acids is 1. The van der Waals surface area contributed by atoms with E-state index in [0.717, 1.165) is 44.9 Å². The van der Waals surface area contributed by atoms with E-state index in [2.05, 4.69) is 26.1 Å². The SMILES string of the molecule is CC(C)C(NC(=O)CCC(C)C1CCC2C3C(O)C(O)C4CC(O)CCC4(C)C3CCC12C)C(=O)O. The van der Waals surface area contributed by atoms with Crippen molar-refractivity contribution < 1.29 is 30.0 Å². The van der Waals surface area contributed by atoms with Gasteiger partial charge >= 0.3 is 5.97 Å². The number of carbonyl (C=O) groups is 2. The van der Waals surface area contributed by atoms with E-state index in [4.69, 9.17) is 0 Å². The van der Waals surface area contributed by atoms with Gasteiger partial charge in [-0.1, -0.05) is 34.6 Å². The third kappa shape index (κ3) is 4.62. The molecule has 4 aliphatic rings. The third-order valence-corrected chi connectivity index (χ3v) is 11.6. The highest BCUT2D eigenvalue weighted by Gasteiger charge is 2.65. The molecular weight excluding hydrogens is 458 g/mol. The Labute approximate surface area is 216 Å². The van der Waals surface area contributed by atoms with Crippen molar-refractivity contribution in [2.24, 2.45) is 52.3 Å². The first-order chi connectivity index (χ1) is 16.8. The van der Waals surface area contributed by atoms with E-state index in [9.17, 15) is 30.0 Å². The molecule has 1 amide bonds. The first kappa shape index (κ1) is 27.8. The number of hydrogen-bond donors (Lipinski definition) is 5. The number of carbonyl (C=O) groups excluding carboxylic acids is 1. The number of fused-ring (bicyclic) bond motifs is 5. The maximum absolute atomic E-state index is 12.6. The highest BCUT2D eigenvalue weighted by Crippen LogP contribution is 2.68. The summed E-state index contributed by atoms with van der Waals surface area (Å²) in [5.41, 5.74) is 0.0272. The monoisotopic (exact) mass is 507 g/mol. The lowest BCUT2D eigenvalue weighted by Crippen LogP contribution is -2.64. The van der Waals surface area contributed by atoms with Crippen LogP contribution in [-0.2, 0) is 9.59 Å². The summed E-state index contributed by atoms with van der Waals surface area (Å²) in [5, 5.41) is 45.0. The number of hydrogen-bond acceptors (Lipinski definition) is 5. The maximum Gasteiger partial charge on any atom is 0.326 e. The number of aliphatic hydroxyl groups excluding tert-OH is 3. The van der Waals surface area contributed by atoms with Crippen LogP contribution in [0.25, 0.3) is 0 Å². The average Bonchev–Trinajstić information content (AvgIpc) is 3.17. The summed E-state index contributed by atoms with van der Waals surface area (Å²) in [6, 6.07) is -0.859. The lowest BCUT2D eigenvalue weighted by molar-refractivity contribution is -0.223. The molecule has 7 nitrogen and oxygen atoms in total. The van der Waals surface area contributed by atoms with E-state index >= 15 is 0 Å². The third-order valence-electron chi connectivity index (χ3n) is 11.6. The van der Waals surface area contributed by atoms with E-state index in [1.165, 1.54) is 0 Å². The fourth-order valence-corrected chi connectivity index (χ4v) is 9.53. The van der Waals surface area contributed by atoms with E-state index < -0.39 is 24.2 Å². The van der Waals surface area contributed by atoms with Crippen LogP contribution in [0.5, 0.6) is 0 Å². The predicted molar refractivity (Wildman–Crippen MR) is 137 cm³/mol. The average molecular weight is 508 g/mol. The standard InChI is InChI=1S/C29H49NO6/c1-15(2)24(27(35)36)30-22(32)9-6-16(3)18-7-8-19-23-20(11-13-28(18,19)4)29(5)12-10-17(31)14-21(29)25(33)26(23)34/h15-21,23-26,31,33-34H,6-14H2,1-5H3,(H,30,32)(H,35,36). The van der Waals surface area contributed by atoms with E-state index in [1.807, 2.05) is 0 Å². The Morgan fingerprint density at radius 2 is 1.53 bits per heavy atom. The summed E-state index contributed by atoms with van der Waals surface area (Å²) >= 11 is 0. The fourth-order valence-electron chi connectivity index (χ4n) is 9.53. The van der Waals surface area contributed by atoms with Crippen LogP contribution >= 0.6 is 0 Å². The van der Waals surface area contributed by atoms with E-state index in [-0.39, 0.29) is 40.6 Å². The van der Waals surface area contributed by atoms with Crippen LogP contribution in [0.2, 0.25) is 0 Å². The molecular formula is C29H49NO6. The van der Waals surface area contributed by atoms with Crippen LogP contribution in [0.3, 0.4) is 0 Å². The summed E-state index contributed by atoms with van der Waals surface area (Å²) in [6.45, 7) is 10.5. The molecule has 7 heteroatoms. The minimum atomic E-state index is -0.994. The molecule has 12 atom stereocenters. The van der Waals surface area contributed by atoms with Crippen LogP contribution < -0.4 is 5.32 Å². The van der Waals surface area contributed by atoms with Gasteiger partial charge in [0.15, 0.2) is 0 Å². The fraction of sp³-hybridized carbons (Fsp3) is 0.931. The van der Waals surface area contributed by atoms with Crippen LogP contribution in [0.4, 0.5) is 0 Å².